The molecule has 0 aliphatic carbocycles. The molecule has 92 valence electrons. The Labute approximate surface area is 101 Å². The molecule has 0 radical (unpaired) electrons. The van der Waals surface area contributed by atoms with Crippen LogP contribution < -0.4 is 0 Å². The highest BCUT2D eigenvalue weighted by atomic mass is 16.3. The summed E-state index contributed by atoms with van der Waals surface area (Å²) in [7, 11) is 0. The predicted octanol–water partition coefficient (Wildman–Crippen LogP) is 2.64. The van der Waals surface area contributed by atoms with Gasteiger partial charge in [-0.15, -0.1) is 6.58 Å². The summed E-state index contributed by atoms with van der Waals surface area (Å²) in [6, 6.07) is 4.64. The van der Waals surface area contributed by atoms with E-state index in [4.69, 9.17) is 5.11 Å². The molecule has 1 rings (SSSR count). The third kappa shape index (κ3) is 3.17. The molecule has 0 fully saturated rings. The van der Waals surface area contributed by atoms with Crippen LogP contribution in [0.4, 0.5) is 0 Å². The van der Waals surface area contributed by atoms with Crippen molar-refractivity contribution in [2.75, 3.05) is 6.61 Å². The van der Waals surface area contributed by atoms with Crippen LogP contribution in [0.15, 0.2) is 30.9 Å². The Kier molecular flexibility index (Phi) is 4.91. The van der Waals surface area contributed by atoms with Crippen molar-refractivity contribution in [3.05, 3.63) is 42.0 Å². The first-order valence-corrected chi connectivity index (χ1v) is 5.73. The number of carbonyl (C=O) groups excluding carboxylic acids is 1. The van der Waals surface area contributed by atoms with Crippen molar-refractivity contribution in [3.63, 3.8) is 0 Å². The SMILES string of the molecule is C=CC(CCC)c1cc(C(=O)CO)ccc1O. The number of hydrogen-bond donors (Lipinski definition) is 2. The molecule has 1 unspecified atom stereocenters. The Balaban J connectivity index is 3.12. The van der Waals surface area contributed by atoms with Crippen LogP contribution in [0.25, 0.3) is 0 Å². The molecule has 0 spiro atoms. The van der Waals surface area contributed by atoms with Crippen LogP contribution in [0.3, 0.4) is 0 Å². The Hall–Kier alpha value is -1.61. The quantitative estimate of drug-likeness (QED) is 0.587. The summed E-state index contributed by atoms with van der Waals surface area (Å²) in [5.41, 5.74) is 1.12. The lowest BCUT2D eigenvalue weighted by Gasteiger charge is -2.14. The van der Waals surface area contributed by atoms with Gasteiger partial charge in [-0.3, -0.25) is 4.79 Å². The van der Waals surface area contributed by atoms with Gasteiger partial charge in [0, 0.05) is 17.0 Å². The maximum atomic E-state index is 11.4. The van der Waals surface area contributed by atoms with Gasteiger partial charge < -0.3 is 10.2 Å². The molecular weight excluding hydrogens is 216 g/mol. The minimum atomic E-state index is -0.517. The fraction of sp³-hybridized carbons (Fsp3) is 0.357. The minimum absolute atomic E-state index is 0.0337. The first kappa shape index (κ1) is 13.5. The predicted molar refractivity (Wildman–Crippen MR) is 67.4 cm³/mol. The van der Waals surface area contributed by atoms with Gasteiger partial charge in [0.15, 0.2) is 5.78 Å². The molecule has 0 aliphatic heterocycles. The van der Waals surface area contributed by atoms with Gasteiger partial charge in [0.1, 0.15) is 12.4 Å². The van der Waals surface area contributed by atoms with Crippen molar-refractivity contribution in [2.45, 2.75) is 25.7 Å². The van der Waals surface area contributed by atoms with Crippen molar-refractivity contribution in [2.24, 2.45) is 0 Å². The average molecular weight is 234 g/mol. The first-order valence-electron chi connectivity index (χ1n) is 5.73. The number of rotatable bonds is 6. The Morgan fingerprint density at radius 2 is 2.24 bits per heavy atom. The third-order valence-electron chi connectivity index (χ3n) is 2.78. The van der Waals surface area contributed by atoms with E-state index in [0.717, 1.165) is 12.8 Å². The Morgan fingerprint density at radius 3 is 2.76 bits per heavy atom. The van der Waals surface area contributed by atoms with Gasteiger partial charge in [0.2, 0.25) is 0 Å². The van der Waals surface area contributed by atoms with Gasteiger partial charge in [0.05, 0.1) is 0 Å². The van der Waals surface area contributed by atoms with E-state index in [1.54, 1.807) is 12.1 Å². The van der Waals surface area contributed by atoms with E-state index in [9.17, 15) is 9.90 Å². The highest BCUT2D eigenvalue weighted by Crippen LogP contribution is 2.30. The molecule has 0 heterocycles. The van der Waals surface area contributed by atoms with Crippen LogP contribution in [0.5, 0.6) is 5.75 Å². The Bertz CT molecular complexity index is 410. The van der Waals surface area contributed by atoms with Crippen LogP contribution in [0.2, 0.25) is 0 Å². The number of aliphatic hydroxyl groups is 1. The lowest BCUT2D eigenvalue weighted by atomic mass is 9.92. The summed E-state index contributed by atoms with van der Waals surface area (Å²) in [6.45, 7) is 5.28. The van der Waals surface area contributed by atoms with Crippen molar-refractivity contribution < 1.29 is 15.0 Å². The molecule has 0 aliphatic rings. The van der Waals surface area contributed by atoms with E-state index in [-0.39, 0.29) is 17.5 Å². The van der Waals surface area contributed by atoms with E-state index < -0.39 is 6.61 Å². The molecule has 0 bridgehead atoms. The summed E-state index contributed by atoms with van der Waals surface area (Å²) in [6.07, 6.45) is 3.61. The fourth-order valence-corrected chi connectivity index (χ4v) is 1.83. The minimum Gasteiger partial charge on any atom is -0.508 e. The summed E-state index contributed by atoms with van der Waals surface area (Å²) >= 11 is 0. The van der Waals surface area contributed by atoms with Crippen LogP contribution >= 0.6 is 0 Å². The second kappa shape index (κ2) is 6.21. The van der Waals surface area contributed by atoms with Gasteiger partial charge in [-0.25, -0.2) is 0 Å². The molecular formula is C14H18O3. The second-order valence-corrected chi connectivity index (χ2v) is 3.99. The number of ketones is 1. The molecule has 0 amide bonds. The van der Waals surface area contributed by atoms with Gasteiger partial charge in [0.25, 0.3) is 0 Å². The van der Waals surface area contributed by atoms with Gasteiger partial charge in [-0.1, -0.05) is 19.4 Å². The smallest absolute Gasteiger partial charge is 0.188 e. The highest BCUT2D eigenvalue weighted by Gasteiger charge is 2.14. The lowest BCUT2D eigenvalue weighted by Crippen LogP contribution is -2.06. The number of carbonyl (C=O) groups is 1. The van der Waals surface area contributed by atoms with Crippen molar-refractivity contribution in [3.8, 4) is 5.75 Å². The number of hydrogen-bond acceptors (Lipinski definition) is 3. The maximum absolute atomic E-state index is 11.4. The zero-order chi connectivity index (χ0) is 12.8. The van der Waals surface area contributed by atoms with Crippen LogP contribution in [-0.4, -0.2) is 22.6 Å². The van der Waals surface area contributed by atoms with Gasteiger partial charge >= 0.3 is 0 Å². The second-order valence-electron chi connectivity index (χ2n) is 3.99. The normalized spacial score (nSPS) is 12.1. The van der Waals surface area contributed by atoms with Crippen LogP contribution in [-0.2, 0) is 0 Å². The zero-order valence-electron chi connectivity index (χ0n) is 10.0. The zero-order valence-corrected chi connectivity index (χ0v) is 10.0. The van der Waals surface area contributed by atoms with Crippen molar-refractivity contribution >= 4 is 5.78 Å². The molecule has 1 aromatic carbocycles. The first-order chi connectivity index (χ1) is 8.13. The van der Waals surface area contributed by atoms with Crippen LogP contribution in [0, 0.1) is 0 Å². The topological polar surface area (TPSA) is 57.5 Å². The molecule has 0 saturated heterocycles. The maximum Gasteiger partial charge on any atom is 0.188 e. The van der Waals surface area contributed by atoms with E-state index in [1.165, 1.54) is 12.1 Å². The molecule has 1 aromatic rings. The van der Waals surface area contributed by atoms with E-state index in [2.05, 4.69) is 13.5 Å². The number of aromatic hydroxyl groups is 1. The number of allylic oxidation sites excluding steroid dienone is 1. The van der Waals surface area contributed by atoms with Crippen molar-refractivity contribution in [1.82, 2.24) is 0 Å². The Morgan fingerprint density at radius 1 is 1.53 bits per heavy atom. The molecule has 3 heteroatoms. The summed E-state index contributed by atoms with van der Waals surface area (Å²) in [5.74, 6) is -0.144. The lowest BCUT2D eigenvalue weighted by molar-refractivity contribution is 0.0903. The van der Waals surface area contributed by atoms with E-state index >= 15 is 0 Å². The third-order valence-corrected chi connectivity index (χ3v) is 2.78. The highest BCUT2D eigenvalue weighted by molar-refractivity contribution is 5.97. The molecule has 2 N–H and O–H groups in total. The summed E-state index contributed by atoms with van der Waals surface area (Å²) in [4.78, 5) is 11.4. The monoisotopic (exact) mass is 234 g/mol. The molecule has 3 nitrogen and oxygen atoms in total. The molecule has 1 atom stereocenters. The largest absolute Gasteiger partial charge is 0.508 e. The molecule has 0 aromatic heterocycles. The number of phenols is 1. The molecule has 0 saturated carbocycles. The number of Topliss-reactive ketones (excluding diaryl/α,β-unsaturated/α-hetero) is 1. The summed E-state index contributed by atoms with van der Waals surface area (Å²) < 4.78 is 0. The fourth-order valence-electron chi connectivity index (χ4n) is 1.83. The standard InChI is InChI=1S/C14H18O3/c1-3-5-10(4-2)12-8-11(14(17)9-15)6-7-13(12)16/h4,6-8,10,15-16H,2-3,5,9H2,1H3. The van der Waals surface area contributed by atoms with Gasteiger partial charge in [-0.2, -0.15) is 0 Å². The van der Waals surface area contributed by atoms with Crippen molar-refractivity contribution in [1.29, 1.82) is 0 Å². The van der Waals surface area contributed by atoms with Gasteiger partial charge in [-0.05, 0) is 24.6 Å². The number of benzene rings is 1. The summed E-state index contributed by atoms with van der Waals surface area (Å²) in [5, 5.41) is 18.6. The van der Waals surface area contributed by atoms with E-state index in [1.807, 2.05) is 0 Å². The van der Waals surface area contributed by atoms with Crippen LogP contribution in [0.1, 0.15) is 41.6 Å². The molecule has 17 heavy (non-hydrogen) atoms. The average Bonchev–Trinajstić information content (AvgIpc) is 2.36. The number of phenolic OH excluding ortho intramolecular Hbond substituents is 1. The van der Waals surface area contributed by atoms with E-state index in [0.29, 0.717) is 11.1 Å². The number of aliphatic hydroxyl groups excluding tert-OH is 1.